The molecule has 3 aromatic rings. The van der Waals surface area contributed by atoms with Gasteiger partial charge >= 0.3 is 0 Å². The Hall–Kier alpha value is -3.12. The van der Waals surface area contributed by atoms with Gasteiger partial charge in [-0.25, -0.2) is 5.43 Å². The highest BCUT2D eigenvalue weighted by Gasteiger charge is 2.05. The molecule has 154 valence electrons. The predicted octanol–water partition coefficient (Wildman–Crippen LogP) is 5.12. The first-order chi connectivity index (χ1) is 14.6. The summed E-state index contributed by atoms with van der Waals surface area (Å²) >= 11 is 3.45. The number of hydrogen-bond donors (Lipinski definition) is 1. The summed E-state index contributed by atoms with van der Waals surface area (Å²) in [6.45, 7) is 2.48. The molecule has 5 nitrogen and oxygen atoms in total. The minimum atomic E-state index is -0.333. The van der Waals surface area contributed by atoms with Gasteiger partial charge in [-0.1, -0.05) is 43.3 Å². The molecule has 6 heteroatoms. The largest absolute Gasteiger partial charge is 0.489 e. The van der Waals surface area contributed by atoms with Crippen molar-refractivity contribution in [1.29, 1.82) is 0 Å². The van der Waals surface area contributed by atoms with Gasteiger partial charge in [0.1, 0.15) is 18.1 Å². The Morgan fingerprint density at radius 2 is 1.77 bits per heavy atom. The molecule has 0 atom stereocenters. The Morgan fingerprint density at radius 3 is 2.47 bits per heavy atom. The number of ether oxygens (including phenoxy) is 2. The first-order valence-electron chi connectivity index (χ1n) is 9.64. The van der Waals surface area contributed by atoms with Gasteiger partial charge in [0, 0.05) is 0 Å². The normalized spacial score (nSPS) is 10.7. The second kappa shape index (κ2) is 11.2. The van der Waals surface area contributed by atoms with Crippen molar-refractivity contribution in [2.24, 2.45) is 5.10 Å². The Labute approximate surface area is 184 Å². The predicted molar refractivity (Wildman–Crippen MR) is 122 cm³/mol. The second-order valence-corrected chi connectivity index (χ2v) is 7.40. The van der Waals surface area contributed by atoms with Gasteiger partial charge < -0.3 is 9.47 Å². The van der Waals surface area contributed by atoms with Crippen molar-refractivity contribution in [3.8, 4) is 11.5 Å². The molecule has 0 aliphatic rings. The van der Waals surface area contributed by atoms with E-state index in [0.29, 0.717) is 12.4 Å². The molecule has 0 saturated carbocycles. The van der Waals surface area contributed by atoms with Crippen LogP contribution in [0.5, 0.6) is 11.5 Å². The summed E-state index contributed by atoms with van der Waals surface area (Å²) in [6, 6.07) is 23.3. The van der Waals surface area contributed by atoms with Gasteiger partial charge in [-0.05, 0) is 75.4 Å². The summed E-state index contributed by atoms with van der Waals surface area (Å²) in [5.41, 5.74) is 5.62. The Morgan fingerprint density at radius 1 is 1.00 bits per heavy atom. The molecule has 1 amide bonds. The summed E-state index contributed by atoms with van der Waals surface area (Å²) in [7, 11) is 0. The highest BCUT2D eigenvalue weighted by Crippen LogP contribution is 2.26. The third kappa shape index (κ3) is 6.74. The molecule has 0 unspecified atom stereocenters. The molecule has 1 N–H and O–H groups in total. The van der Waals surface area contributed by atoms with Crippen molar-refractivity contribution in [2.45, 2.75) is 20.0 Å². The van der Waals surface area contributed by atoms with E-state index in [9.17, 15) is 4.79 Å². The summed E-state index contributed by atoms with van der Waals surface area (Å²) < 4.78 is 12.1. The van der Waals surface area contributed by atoms with Crippen LogP contribution in [0, 0.1) is 0 Å². The number of carbonyl (C=O) groups excluding carboxylic acids is 1. The molecule has 3 aromatic carbocycles. The second-order valence-electron chi connectivity index (χ2n) is 6.54. The Bertz CT molecular complexity index is 989. The fourth-order valence-corrected chi connectivity index (χ4v) is 3.17. The number of benzene rings is 3. The third-order valence-corrected chi connectivity index (χ3v) is 4.91. The first-order valence-corrected chi connectivity index (χ1v) is 10.4. The lowest BCUT2D eigenvalue weighted by Gasteiger charge is -2.08. The smallest absolute Gasteiger partial charge is 0.277 e. The Balaban J connectivity index is 1.42. The fraction of sp³-hybridized carbons (Fsp3) is 0.167. The van der Waals surface area contributed by atoms with Gasteiger partial charge in [-0.15, -0.1) is 0 Å². The number of carbonyl (C=O) groups is 1. The van der Waals surface area contributed by atoms with E-state index in [0.717, 1.165) is 27.8 Å². The van der Waals surface area contributed by atoms with Crippen molar-refractivity contribution in [2.75, 3.05) is 6.61 Å². The monoisotopic (exact) mass is 466 g/mol. The zero-order valence-electron chi connectivity index (χ0n) is 16.7. The highest BCUT2D eigenvalue weighted by molar-refractivity contribution is 9.10. The van der Waals surface area contributed by atoms with E-state index in [2.05, 4.69) is 33.4 Å². The average Bonchev–Trinajstić information content (AvgIpc) is 2.78. The molecule has 0 aromatic heterocycles. The van der Waals surface area contributed by atoms with E-state index in [-0.39, 0.29) is 12.5 Å². The lowest BCUT2D eigenvalue weighted by atomic mass is 10.2. The molecule has 0 bridgehead atoms. The first kappa shape index (κ1) is 21.6. The Kier molecular flexibility index (Phi) is 8.03. The van der Waals surface area contributed by atoms with Crippen LogP contribution in [0.3, 0.4) is 0 Å². The standard InChI is InChI=1S/C24H23BrN2O3/c1-2-18-10-13-23(22(25)14-18)30-17-24(28)27-26-15-19-8-11-21(12-9-19)29-16-20-6-4-3-5-7-20/h3-15H,2,16-17H2,1H3,(H,27,28). The van der Waals surface area contributed by atoms with Crippen LogP contribution in [0.25, 0.3) is 0 Å². The van der Waals surface area contributed by atoms with E-state index in [4.69, 9.17) is 9.47 Å². The summed E-state index contributed by atoms with van der Waals surface area (Å²) in [5, 5.41) is 3.97. The van der Waals surface area contributed by atoms with E-state index in [1.54, 1.807) is 6.21 Å². The topological polar surface area (TPSA) is 59.9 Å². The summed E-state index contributed by atoms with van der Waals surface area (Å²) in [5.74, 6) is 1.06. The van der Waals surface area contributed by atoms with Crippen LogP contribution in [0.1, 0.15) is 23.6 Å². The number of nitrogens with zero attached hydrogens (tertiary/aromatic N) is 1. The average molecular weight is 467 g/mol. The van der Waals surface area contributed by atoms with Crippen molar-refractivity contribution in [1.82, 2.24) is 5.43 Å². The molecular formula is C24H23BrN2O3. The SMILES string of the molecule is CCc1ccc(OCC(=O)NN=Cc2ccc(OCc3ccccc3)cc2)c(Br)c1. The van der Waals surface area contributed by atoms with E-state index in [1.807, 2.05) is 72.8 Å². The number of amides is 1. The van der Waals surface area contributed by atoms with E-state index < -0.39 is 0 Å². The molecule has 0 radical (unpaired) electrons. The van der Waals surface area contributed by atoms with Gasteiger partial charge in [0.15, 0.2) is 6.61 Å². The fourth-order valence-electron chi connectivity index (χ4n) is 2.63. The van der Waals surface area contributed by atoms with Crippen LogP contribution in [0.15, 0.2) is 82.4 Å². The molecule has 30 heavy (non-hydrogen) atoms. The van der Waals surface area contributed by atoms with Crippen molar-refractivity contribution < 1.29 is 14.3 Å². The van der Waals surface area contributed by atoms with Crippen LogP contribution in [-0.2, 0) is 17.8 Å². The molecule has 0 fully saturated rings. The van der Waals surface area contributed by atoms with Gasteiger partial charge in [0.25, 0.3) is 5.91 Å². The maximum absolute atomic E-state index is 11.9. The van der Waals surface area contributed by atoms with Crippen molar-refractivity contribution >= 4 is 28.1 Å². The third-order valence-electron chi connectivity index (χ3n) is 4.29. The molecule has 0 aliphatic carbocycles. The highest BCUT2D eigenvalue weighted by atomic mass is 79.9. The maximum atomic E-state index is 11.9. The van der Waals surface area contributed by atoms with Gasteiger partial charge in [-0.2, -0.15) is 5.10 Å². The molecule has 0 saturated heterocycles. The van der Waals surface area contributed by atoms with Gasteiger partial charge in [0.2, 0.25) is 0 Å². The van der Waals surface area contributed by atoms with Crippen LogP contribution < -0.4 is 14.9 Å². The minimum Gasteiger partial charge on any atom is -0.489 e. The lowest BCUT2D eigenvalue weighted by Crippen LogP contribution is -2.24. The molecule has 0 aliphatic heterocycles. The van der Waals surface area contributed by atoms with Crippen LogP contribution in [0.2, 0.25) is 0 Å². The van der Waals surface area contributed by atoms with E-state index >= 15 is 0 Å². The summed E-state index contributed by atoms with van der Waals surface area (Å²) in [6.07, 6.45) is 2.51. The van der Waals surface area contributed by atoms with Gasteiger partial charge in [-0.3, -0.25) is 4.79 Å². The van der Waals surface area contributed by atoms with Gasteiger partial charge in [0.05, 0.1) is 10.7 Å². The number of hydrogen-bond acceptors (Lipinski definition) is 4. The van der Waals surface area contributed by atoms with E-state index in [1.165, 1.54) is 5.56 Å². The molecule has 3 rings (SSSR count). The number of aryl methyl sites for hydroxylation is 1. The van der Waals surface area contributed by atoms with Crippen LogP contribution in [-0.4, -0.2) is 18.7 Å². The minimum absolute atomic E-state index is 0.117. The number of halogens is 1. The van der Waals surface area contributed by atoms with Crippen molar-refractivity contribution in [3.63, 3.8) is 0 Å². The number of hydrazone groups is 1. The van der Waals surface area contributed by atoms with Crippen LogP contribution >= 0.6 is 15.9 Å². The number of nitrogens with one attached hydrogen (secondary N) is 1. The zero-order chi connectivity index (χ0) is 21.2. The quantitative estimate of drug-likeness (QED) is 0.351. The lowest BCUT2D eigenvalue weighted by molar-refractivity contribution is -0.123. The number of rotatable bonds is 9. The summed E-state index contributed by atoms with van der Waals surface area (Å²) in [4.78, 5) is 11.9. The van der Waals surface area contributed by atoms with Crippen molar-refractivity contribution in [3.05, 3.63) is 94.0 Å². The molecule has 0 spiro atoms. The maximum Gasteiger partial charge on any atom is 0.277 e. The van der Waals surface area contributed by atoms with Crippen LogP contribution in [0.4, 0.5) is 0 Å². The molecular weight excluding hydrogens is 444 g/mol. The molecule has 0 heterocycles. The zero-order valence-corrected chi connectivity index (χ0v) is 18.3.